The van der Waals surface area contributed by atoms with Crippen LogP contribution in [0.15, 0.2) is 29.6 Å². The van der Waals surface area contributed by atoms with Gasteiger partial charge in [-0.15, -0.1) is 11.3 Å². The second-order valence-electron chi connectivity index (χ2n) is 3.86. The summed E-state index contributed by atoms with van der Waals surface area (Å²) in [7, 11) is 0. The van der Waals surface area contributed by atoms with Gasteiger partial charge in [-0.3, -0.25) is 0 Å². The van der Waals surface area contributed by atoms with E-state index >= 15 is 0 Å². The highest BCUT2D eigenvalue weighted by Crippen LogP contribution is 2.14. The van der Waals surface area contributed by atoms with Gasteiger partial charge in [-0.1, -0.05) is 19.1 Å². The molecule has 1 heterocycles. The maximum absolute atomic E-state index is 10.7. The predicted molar refractivity (Wildman–Crippen MR) is 72.2 cm³/mol. The second kappa shape index (κ2) is 5.64. The molecule has 0 aliphatic rings. The summed E-state index contributed by atoms with van der Waals surface area (Å²) >= 11 is 1.15. The zero-order chi connectivity index (χ0) is 13.0. The van der Waals surface area contributed by atoms with Crippen LogP contribution in [-0.4, -0.2) is 16.1 Å². The Bertz CT molecular complexity index is 551. The molecule has 0 saturated heterocycles. The average Bonchev–Trinajstić information content (AvgIpc) is 2.85. The van der Waals surface area contributed by atoms with Gasteiger partial charge < -0.3 is 10.4 Å². The minimum Gasteiger partial charge on any atom is -0.476 e. The van der Waals surface area contributed by atoms with E-state index in [2.05, 4.69) is 29.4 Å². The number of rotatable bonds is 5. The lowest BCUT2D eigenvalue weighted by Crippen LogP contribution is -2.01. The van der Waals surface area contributed by atoms with Crippen LogP contribution in [0, 0.1) is 0 Å². The van der Waals surface area contributed by atoms with Crippen molar-refractivity contribution in [3.63, 3.8) is 0 Å². The largest absolute Gasteiger partial charge is 0.476 e. The van der Waals surface area contributed by atoms with E-state index in [9.17, 15) is 4.79 Å². The third-order valence-corrected chi connectivity index (χ3v) is 3.42. The average molecular weight is 262 g/mol. The van der Waals surface area contributed by atoms with Crippen LogP contribution in [0.4, 0.5) is 5.69 Å². The van der Waals surface area contributed by atoms with Crippen LogP contribution >= 0.6 is 11.3 Å². The van der Waals surface area contributed by atoms with Gasteiger partial charge in [0.05, 0.1) is 12.2 Å². The van der Waals surface area contributed by atoms with Gasteiger partial charge >= 0.3 is 5.97 Å². The lowest BCUT2D eigenvalue weighted by Gasteiger charge is -2.05. The molecule has 0 unspecified atom stereocenters. The molecule has 0 aliphatic carbocycles. The number of hydrogen-bond acceptors (Lipinski definition) is 4. The first kappa shape index (κ1) is 12.6. The highest BCUT2D eigenvalue weighted by molar-refractivity contribution is 7.11. The van der Waals surface area contributed by atoms with E-state index in [1.807, 2.05) is 12.1 Å². The first-order valence-electron chi connectivity index (χ1n) is 5.69. The van der Waals surface area contributed by atoms with E-state index in [0.29, 0.717) is 6.54 Å². The number of carboxylic acid groups (broad SMARTS) is 1. The Kier molecular flexibility index (Phi) is 3.94. The Labute approximate surface area is 109 Å². The third kappa shape index (κ3) is 3.07. The van der Waals surface area contributed by atoms with Gasteiger partial charge in [-0.2, -0.15) is 0 Å². The Morgan fingerprint density at radius 3 is 3.00 bits per heavy atom. The van der Waals surface area contributed by atoms with Gasteiger partial charge in [-0.05, 0) is 24.1 Å². The van der Waals surface area contributed by atoms with Crippen LogP contribution in [0.1, 0.15) is 28.0 Å². The molecule has 1 aromatic heterocycles. The highest BCUT2D eigenvalue weighted by atomic mass is 32.1. The standard InChI is InChI=1S/C13H14N2O2S/c1-2-9-4-3-5-10(6-9)14-7-11-8-18-12(15-11)13(16)17/h3-6,8,14H,2,7H2,1H3,(H,16,17). The van der Waals surface area contributed by atoms with Crippen LogP contribution in [0.2, 0.25) is 0 Å². The predicted octanol–water partition coefficient (Wildman–Crippen LogP) is 3.02. The molecular weight excluding hydrogens is 248 g/mol. The van der Waals surface area contributed by atoms with Crippen LogP contribution in [-0.2, 0) is 13.0 Å². The second-order valence-corrected chi connectivity index (χ2v) is 4.71. The molecule has 4 nitrogen and oxygen atoms in total. The Hall–Kier alpha value is -1.88. The minimum absolute atomic E-state index is 0.133. The maximum atomic E-state index is 10.7. The fraction of sp³-hybridized carbons (Fsp3) is 0.231. The summed E-state index contributed by atoms with van der Waals surface area (Å²) in [6.07, 6.45) is 0.995. The van der Waals surface area contributed by atoms with E-state index in [-0.39, 0.29) is 5.01 Å². The normalized spacial score (nSPS) is 10.3. The number of hydrogen-bond donors (Lipinski definition) is 2. The minimum atomic E-state index is -0.973. The van der Waals surface area contributed by atoms with Crippen molar-refractivity contribution in [2.45, 2.75) is 19.9 Å². The Morgan fingerprint density at radius 2 is 2.33 bits per heavy atom. The van der Waals surface area contributed by atoms with Crippen molar-refractivity contribution >= 4 is 23.0 Å². The fourth-order valence-corrected chi connectivity index (χ4v) is 2.23. The van der Waals surface area contributed by atoms with Gasteiger partial charge in [-0.25, -0.2) is 9.78 Å². The van der Waals surface area contributed by atoms with E-state index < -0.39 is 5.97 Å². The van der Waals surface area contributed by atoms with Gasteiger partial charge in [0.15, 0.2) is 0 Å². The summed E-state index contributed by atoms with van der Waals surface area (Å²) in [6.45, 7) is 2.65. The molecule has 0 spiro atoms. The molecule has 0 fully saturated rings. The number of nitrogens with one attached hydrogen (secondary N) is 1. The van der Waals surface area contributed by atoms with Crippen LogP contribution in [0.5, 0.6) is 0 Å². The van der Waals surface area contributed by atoms with Gasteiger partial charge in [0.1, 0.15) is 0 Å². The van der Waals surface area contributed by atoms with Crippen LogP contribution in [0.25, 0.3) is 0 Å². The number of aromatic carboxylic acids is 1. The van der Waals surface area contributed by atoms with Crippen molar-refractivity contribution in [2.24, 2.45) is 0 Å². The SMILES string of the molecule is CCc1cccc(NCc2csc(C(=O)O)n2)c1. The Balaban J connectivity index is 1.99. The zero-order valence-electron chi connectivity index (χ0n) is 10.0. The molecule has 2 N–H and O–H groups in total. The summed E-state index contributed by atoms with van der Waals surface area (Å²) in [4.78, 5) is 14.7. The Morgan fingerprint density at radius 1 is 1.50 bits per heavy atom. The first-order valence-corrected chi connectivity index (χ1v) is 6.57. The molecule has 0 atom stereocenters. The van der Waals surface area contributed by atoms with E-state index in [0.717, 1.165) is 29.1 Å². The fourth-order valence-electron chi connectivity index (χ4n) is 1.58. The molecule has 1 aromatic carbocycles. The molecular formula is C13H14N2O2S. The lowest BCUT2D eigenvalue weighted by molar-refractivity contribution is 0.0696. The number of anilines is 1. The van der Waals surface area contributed by atoms with Crippen molar-refractivity contribution in [3.8, 4) is 0 Å². The van der Waals surface area contributed by atoms with Crippen molar-refractivity contribution in [2.75, 3.05) is 5.32 Å². The van der Waals surface area contributed by atoms with E-state index in [4.69, 9.17) is 5.11 Å². The molecule has 18 heavy (non-hydrogen) atoms. The molecule has 0 aliphatic heterocycles. The third-order valence-electron chi connectivity index (χ3n) is 2.54. The first-order chi connectivity index (χ1) is 8.69. The molecule has 5 heteroatoms. The summed E-state index contributed by atoms with van der Waals surface area (Å²) in [5.74, 6) is -0.973. The smallest absolute Gasteiger partial charge is 0.365 e. The zero-order valence-corrected chi connectivity index (χ0v) is 10.8. The maximum Gasteiger partial charge on any atom is 0.365 e. The summed E-state index contributed by atoms with van der Waals surface area (Å²) in [5.41, 5.74) is 3.04. The number of aryl methyl sites for hydroxylation is 1. The molecule has 2 rings (SSSR count). The number of aromatic nitrogens is 1. The summed E-state index contributed by atoms with van der Waals surface area (Å²) in [6, 6.07) is 8.16. The van der Waals surface area contributed by atoms with Gasteiger partial charge in [0.25, 0.3) is 0 Å². The monoisotopic (exact) mass is 262 g/mol. The van der Waals surface area contributed by atoms with Gasteiger partial charge in [0, 0.05) is 11.1 Å². The lowest BCUT2D eigenvalue weighted by atomic mass is 10.1. The number of benzene rings is 1. The molecule has 2 aromatic rings. The number of carboxylic acids is 1. The molecule has 0 amide bonds. The topological polar surface area (TPSA) is 62.2 Å². The summed E-state index contributed by atoms with van der Waals surface area (Å²) in [5, 5.41) is 13.9. The number of carbonyl (C=O) groups is 1. The van der Waals surface area contributed by atoms with E-state index in [1.54, 1.807) is 5.38 Å². The van der Waals surface area contributed by atoms with Crippen molar-refractivity contribution in [3.05, 3.63) is 45.9 Å². The molecule has 0 saturated carbocycles. The van der Waals surface area contributed by atoms with Crippen molar-refractivity contribution in [1.82, 2.24) is 4.98 Å². The number of nitrogens with zero attached hydrogens (tertiary/aromatic N) is 1. The molecule has 0 bridgehead atoms. The molecule has 0 radical (unpaired) electrons. The van der Waals surface area contributed by atoms with Crippen LogP contribution in [0.3, 0.4) is 0 Å². The highest BCUT2D eigenvalue weighted by Gasteiger charge is 2.08. The van der Waals surface area contributed by atoms with Crippen molar-refractivity contribution < 1.29 is 9.90 Å². The van der Waals surface area contributed by atoms with Crippen molar-refractivity contribution in [1.29, 1.82) is 0 Å². The van der Waals surface area contributed by atoms with Crippen LogP contribution < -0.4 is 5.32 Å². The quantitative estimate of drug-likeness (QED) is 0.869. The molecule has 94 valence electrons. The number of thiazole rings is 1. The summed E-state index contributed by atoms with van der Waals surface area (Å²) < 4.78 is 0. The van der Waals surface area contributed by atoms with Gasteiger partial charge in [0.2, 0.25) is 5.01 Å². The van der Waals surface area contributed by atoms with E-state index in [1.165, 1.54) is 5.56 Å².